The molecule has 0 saturated heterocycles. The van der Waals surface area contributed by atoms with Crippen LogP contribution in [0.3, 0.4) is 0 Å². The molecule has 3 aromatic rings. The van der Waals surface area contributed by atoms with Crippen molar-refractivity contribution in [3.05, 3.63) is 82.8 Å². The summed E-state index contributed by atoms with van der Waals surface area (Å²) < 4.78 is 40.2. The number of sulfonamides is 1. The van der Waals surface area contributed by atoms with Gasteiger partial charge in [0.25, 0.3) is 10.0 Å². The minimum atomic E-state index is -4.16. The Labute approximate surface area is 244 Å². The molecule has 0 saturated carbocycles. The number of methoxy groups -OCH3 is 1. The van der Waals surface area contributed by atoms with Crippen molar-refractivity contribution in [2.24, 2.45) is 0 Å². The van der Waals surface area contributed by atoms with Crippen LogP contribution in [0.4, 0.5) is 5.69 Å². The van der Waals surface area contributed by atoms with Crippen LogP contribution >= 0.6 is 15.9 Å². The fraction of sp³-hybridized carbons (Fsp3) is 0.310. The van der Waals surface area contributed by atoms with Crippen LogP contribution in [-0.2, 0) is 26.2 Å². The molecule has 0 bridgehead atoms. The van der Waals surface area contributed by atoms with Crippen LogP contribution in [0.25, 0.3) is 0 Å². The molecule has 0 aliphatic heterocycles. The molecule has 0 aromatic heterocycles. The summed E-state index contributed by atoms with van der Waals surface area (Å²) >= 11 is 3.33. The van der Waals surface area contributed by atoms with Crippen LogP contribution in [-0.4, -0.2) is 58.0 Å². The average Bonchev–Trinajstić information content (AvgIpc) is 2.95. The van der Waals surface area contributed by atoms with Gasteiger partial charge in [-0.15, -0.1) is 0 Å². The highest BCUT2D eigenvalue weighted by atomic mass is 79.9. The maximum Gasteiger partial charge on any atom is 0.264 e. The molecular formula is C29H34BrN3O6S. The molecule has 1 N–H and O–H groups in total. The Bertz CT molecular complexity index is 1380. The number of benzene rings is 3. The Balaban J connectivity index is 2.02. The van der Waals surface area contributed by atoms with Crippen molar-refractivity contribution in [2.45, 2.75) is 38.3 Å². The molecule has 9 nitrogen and oxygen atoms in total. The van der Waals surface area contributed by atoms with Gasteiger partial charge in [0, 0.05) is 17.6 Å². The van der Waals surface area contributed by atoms with E-state index in [0.29, 0.717) is 24.7 Å². The van der Waals surface area contributed by atoms with Crippen LogP contribution < -0.4 is 19.1 Å². The van der Waals surface area contributed by atoms with Gasteiger partial charge >= 0.3 is 0 Å². The first kappa shape index (κ1) is 31.0. The predicted octanol–water partition coefficient (Wildman–Crippen LogP) is 4.61. The molecule has 214 valence electrons. The van der Waals surface area contributed by atoms with E-state index in [-0.39, 0.29) is 23.0 Å². The lowest BCUT2D eigenvalue weighted by atomic mass is 10.1. The van der Waals surface area contributed by atoms with Gasteiger partial charge in [-0.1, -0.05) is 28.1 Å². The van der Waals surface area contributed by atoms with Gasteiger partial charge in [-0.3, -0.25) is 13.9 Å². The Morgan fingerprint density at radius 2 is 1.52 bits per heavy atom. The SMILES string of the molecule is CCNC(=O)[C@@H](C)N(Cc1ccc(OC)cc1)C(=O)CN(c1ccc(OCC)cc1)S(=O)(=O)c1ccc(Br)cc1. The molecule has 2 amide bonds. The molecule has 40 heavy (non-hydrogen) atoms. The number of hydrogen-bond acceptors (Lipinski definition) is 6. The fourth-order valence-electron chi connectivity index (χ4n) is 3.97. The highest BCUT2D eigenvalue weighted by Crippen LogP contribution is 2.27. The van der Waals surface area contributed by atoms with E-state index < -0.39 is 28.5 Å². The van der Waals surface area contributed by atoms with Crippen molar-refractivity contribution < 1.29 is 27.5 Å². The standard InChI is InChI=1S/C29H34BrN3O6S/c1-5-31-29(35)21(3)32(19-22-7-13-25(38-4)14-8-22)28(34)20-33(24-11-15-26(16-12-24)39-6-2)40(36,37)27-17-9-23(30)10-18-27/h7-18,21H,5-6,19-20H2,1-4H3,(H,31,35)/t21-/m1/s1. The molecule has 11 heteroatoms. The third kappa shape index (κ3) is 7.76. The van der Waals surface area contributed by atoms with Gasteiger partial charge in [0.1, 0.15) is 24.1 Å². The number of anilines is 1. The summed E-state index contributed by atoms with van der Waals surface area (Å²) in [5, 5.41) is 2.75. The maximum absolute atomic E-state index is 13.9. The van der Waals surface area contributed by atoms with Gasteiger partial charge in [0.05, 0.1) is 24.3 Å². The van der Waals surface area contributed by atoms with Crippen molar-refractivity contribution in [3.63, 3.8) is 0 Å². The molecule has 0 fully saturated rings. The zero-order valence-corrected chi connectivity index (χ0v) is 25.4. The zero-order valence-electron chi connectivity index (χ0n) is 23.0. The summed E-state index contributed by atoms with van der Waals surface area (Å²) in [7, 11) is -2.60. The largest absolute Gasteiger partial charge is 0.497 e. The second-order valence-electron chi connectivity index (χ2n) is 8.83. The highest BCUT2D eigenvalue weighted by Gasteiger charge is 2.32. The number of amides is 2. The van der Waals surface area contributed by atoms with Crippen LogP contribution in [0.2, 0.25) is 0 Å². The Hall–Kier alpha value is -3.57. The third-order valence-electron chi connectivity index (χ3n) is 6.15. The summed E-state index contributed by atoms with van der Waals surface area (Å²) in [4.78, 5) is 28.1. The number of hydrogen-bond donors (Lipinski definition) is 1. The van der Waals surface area contributed by atoms with Crippen molar-refractivity contribution in [3.8, 4) is 11.5 Å². The summed E-state index contributed by atoms with van der Waals surface area (Å²) in [5.41, 5.74) is 1.04. The molecule has 0 radical (unpaired) electrons. The number of rotatable bonds is 13. The minimum Gasteiger partial charge on any atom is -0.497 e. The molecule has 0 unspecified atom stereocenters. The second kappa shape index (κ2) is 14.2. The van der Waals surface area contributed by atoms with Gasteiger partial charge in [-0.2, -0.15) is 0 Å². The number of nitrogens with one attached hydrogen (secondary N) is 1. The van der Waals surface area contributed by atoms with E-state index in [1.54, 1.807) is 81.6 Å². The van der Waals surface area contributed by atoms with Crippen molar-refractivity contribution >= 4 is 43.5 Å². The van der Waals surface area contributed by atoms with E-state index >= 15 is 0 Å². The molecule has 0 aliphatic rings. The molecule has 3 aromatic carbocycles. The summed E-state index contributed by atoms with van der Waals surface area (Å²) in [6.45, 7) is 5.68. The van der Waals surface area contributed by atoms with Gasteiger partial charge < -0.3 is 19.7 Å². The van der Waals surface area contributed by atoms with Crippen LogP contribution in [0.5, 0.6) is 11.5 Å². The van der Waals surface area contributed by atoms with Gasteiger partial charge in [0.2, 0.25) is 11.8 Å². The highest BCUT2D eigenvalue weighted by molar-refractivity contribution is 9.10. The monoisotopic (exact) mass is 631 g/mol. The van der Waals surface area contributed by atoms with E-state index in [4.69, 9.17) is 9.47 Å². The number of nitrogens with zero attached hydrogens (tertiary/aromatic N) is 2. The number of likely N-dealkylation sites (N-methyl/N-ethyl adjacent to an activating group) is 1. The predicted molar refractivity (Wildman–Crippen MR) is 158 cm³/mol. The van der Waals surface area contributed by atoms with Gasteiger partial charge in [-0.05, 0) is 87.0 Å². The van der Waals surface area contributed by atoms with Crippen LogP contribution in [0.1, 0.15) is 26.3 Å². The molecule has 3 rings (SSSR count). The third-order valence-corrected chi connectivity index (χ3v) is 8.46. The molecule has 0 aliphatic carbocycles. The summed E-state index contributed by atoms with van der Waals surface area (Å²) in [6, 6.07) is 18.9. The minimum absolute atomic E-state index is 0.0239. The normalized spacial score (nSPS) is 11.8. The summed E-state index contributed by atoms with van der Waals surface area (Å²) in [5.74, 6) is 0.349. The first-order valence-corrected chi connectivity index (χ1v) is 15.0. The molecule has 0 spiro atoms. The molecule has 1 atom stereocenters. The summed E-state index contributed by atoms with van der Waals surface area (Å²) in [6.07, 6.45) is 0. The van der Waals surface area contributed by atoms with Gasteiger partial charge in [-0.25, -0.2) is 8.42 Å². The van der Waals surface area contributed by atoms with Crippen molar-refractivity contribution in [1.29, 1.82) is 0 Å². The van der Waals surface area contributed by atoms with E-state index in [1.807, 2.05) is 6.92 Å². The first-order chi connectivity index (χ1) is 19.1. The smallest absolute Gasteiger partial charge is 0.264 e. The van der Waals surface area contributed by atoms with Crippen molar-refractivity contribution in [1.82, 2.24) is 10.2 Å². The Morgan fingerprint density at radius 3 is 2.08 bits per heavy atom. The maximum atomic E-state index is 13.9. The van der Waals surface area contributed by atoms with E-state index in [1.165, 1.54) is 17.0 Å². The van der Waals surface area contributed by atoms with Crippen molar-refractivity contribution in [2.75, 3.05) is 31.1 Å². The fourth-order valence-corrected chi connectivity index (χ4v) is 5.65. The van der Waals surface area contributed by atoms with E-state index in [9.17, 15) is 18.0 Å². The Kier molecular flexibility index (Phi) is 11.0. The average molecular weight is 633 g/mol. The number of ether oxygens (including phenoxy) is 2. The topological polar surface area (TPSA) is 105 Å². The van der Waals surface area contributed by atoms with Gasteiger partial charge in [0.15, 0.2) is 0 Å². The number of carbonyl (C=O) groups is 2. The zero-order chi connectivity index (χ0) is 29.3. The second-order valence-corrected chi connectivity index (χ2v) is 11.6. The van der Waals surface area contributed by atoms with E-state index in [2.05, 4.69) is 21.2 Å². The Morgan fingerprint density at radius 1 is 0.925 bits per heavy atom. The van der Waals surface area contributed by atoms with E-state index in [0.717, 1.165) is 14.3 Å². The lowest BCUT2D eigenvalue weighted by molar-refractivity contribution is -0.139. The van der Waals surface area contributed by atoms with Crippen LogP contribution in [0, 0.1) is 0 Å². The number of carbonyl (C=O) groups excluding carboxylic acids is 2. The lowest BCUT2D eigenvalue weighted by Crippen LogP contribution is -2.51. The number of halogens is 1. The first-order valence-electron chi connectivity index (χ1n) is 12.8. The molecule has 0 heterocycles. The quantitative estimate of drug-likeness (QED) is 0.295. The molecular weight excluding hydrogens is 598 g/mol. The lowest BCUT2D eigenvalue weighted by Gasteiger charge is -2.32. The van der Waals surface area contributed by atoms with Crippen LogP contribution in [0.15, 0.2) is 82.2 Å².